The third kappa shape index (κ3) is 5.90. The highest BCUT2D eigenvalue weighted by atomic mass is 19.1. The lowest BCUT2D eigenvalue weighted by Gasteiger charge is -2.36. The number of nitrogens with zero attached hydrogens (tertiary/aromatic N) is 4. The Morgan fingerprint density at radius 2 is 1.97 bits per heavy atom. The molecule has 2 heterocycles. The number of rotatable bonds is 8. The molecular formula is C23H33FN4O. The summed E-state index contributed by atoms with van der Waals surface area (Å²) in [6.45, 7) is 4.79. The SMILES string of the molecule is CN(C)CCN(C[C@@H]1CCCN(Cc2ccccc2F)C1)C(=O)c1cccn1C. The van der Waals surface area contributed by atoms with E-state index in [1.54, 1.807) is 6.07 Å². The van der Waals surface area contributed by atoms with Gasteiger partial charge in [-0.1, -0.05) is 18.2 Å². The average molecular weight is 401 g/mol. The van der Waals surface area contributed by atoms with E-state index in [1.807, 2.05) is 61.1 Å². The summed E-state index contributed by atoms with van der Waals surface area (Å²) >= 11 is 0. The van der Waals surface area contributed by atoms with E-state index in [9.17, 15) is 9.18 Å². The first-order valence-corrected chi connectivity index (χ1v) is 10.4. The number of aryl methyl sites for hydroxylation is 1. The van der Waals surface area contributed by atoms with Gasteiger partial charge >= 0.3 is 0 Å². The third-order valence-electron chi connectivity index (χ3n) is 5.70. The molecule has 0 N–H and O–H groups in total. The lowest BCUT2D eigenvalue weighted by Crippen LogP contribution is -2.45. The van der Waals surface area contributed by atoms with Gasteiger partial charge in [0.15, 0.2) is 0 Å². The number of halogens is 1. The zero-order valence-corrected chi connectivity index (χ0v) is 17.9. The number of carbonyl (C=O) groups is 1. The van der Waals surface area contributed by atoms with Gasteiger partial charge in [-0.3, -0.25) is 9.69 Å². The van der Waals surface area contributed by atoms with Crippen LogP contribution >= 0.6 is 0 Å². The van der Waals surface area contributed by atoms with Gasteiger partial charge in [-0.15, -0.1) is 0 Å². The molecule has 0 unspecified atom stereocenters. The van der Waals surface area contributed by atoms with Crippen molar-refractivity contribution in [3.63, 3.8) is 0 Å². The Labute approximate surface area is 173 Å². The molecule has 29 heavy (non-hydrogen) atoms. The van der Waals surface area contributed by atoms with E-state index in [2.05, 4.69) is 9.80 Å². The van der Waals surface area contributed by atoms with Crippen LogP contribution in [0, 0.1) is 11.7 Å². The van der Waals surface area contributed by atoms with Gasteiger partial charge in [0.2, 0.25) is 0 Å². The molecule has 1 aromatic heterocycles. The number of piperidine rings is 1. The van der Waals surface area contributed by atoms with Crippen LogP contribution in [0.1, 0.15) is 28.9 Å². The predicted molar refractivity (Wildman–Crippen MR) is 114 cm³/mol. The maximum atomic E-state index is 14.0. The second-order valence-electron chi connectivity index (χ2n) is 8.39. The van der Waals surface area contributed by atoms with Crippen molar-refractivity contribution >= 4 is 5.91 Å². The summed E-state index contributed by atoms with van der Waals surface area (Å²) in [4.78, 5) is 19.6. The van der Waals surface area contributed by atoms with Crippen LogP contribution in [0.5, 0.6) is 0 Å². The maximum Gasteiger partial charge on any atom is 0.270 e. The number of benzene rings is 1. The van der Waals surface area contributed by atoms with Crippen molar-refractivity contribution in [1.82, 2.24) is 19.3 Å². The number of hydrogen-bond donors (Lipinski definition) is 0. The molecule has 1 aliphatic heterocycles. The molecule has 0 spiro atoms. The largest absolute Gasteiger partial charge is 0.347 e. The van der Waals surface area contributed by atoms with Crippen LogP contribution in [-0.4, -0.2) is 72.0 Å². The Balaban J connectivity index is 1.65. The zero-order valence-electron chi connectivity index (χ0n) is 17.9. The van der Waals surface area contributed by atoms with Crippen molar-refractivity contribution < 1.29 is 9.18 Å². The fraction of sp³-hybridized carbons (Fsp3) is 0.522. The van der Waals surface area contributed by atoms with E-state index in [0.717, 1.165) is 50.3 Å². The van der Waals surface area contributed by atoms with Crippen LogP contribution in [0.3, 0.4) is 0 Å². The fourth-order valence-corrected chi connectivity index (χ4v) is 4.06. The first-order chi connectivity index (χ1) is 13.9. The number of hydrogen-bond acceptors (Lipinski definition) is 3. The molecule has 0 aliphatic carbocycles. The molecule has 0 bridgehead atoms. The first-order valence-electron chi connectivity index (χ1n) is 10.4. The molecule has 1 aromatic carbocycles. The van der Waals surface area contributed by atoms with Crippen LogP contribution in [-0.2, 0) is 13.6 Å². The molecule has 5 nitrogen and oxygen atoms in total. The minimum Gasteiger partial charge on any atom is -0.347 e. The van der Waals surface area contributed by atoms with E-state index < -0.39 is 0 Å². The highest BCUT2D eigenvalue weighted by molar-refractivity contribution is 5.92. The summed E-state index contributed by atoms with van der Waals surface area (Å²) in [6, 6.07) is 10.8. The predicted octanol–water partition coefficient (Wildman–Crippen LogP) is 3.08. The van der Waals surface area contributed by atoms with Crippen molar-refractivity contribution in [3.8, 4) is 0 Å². The van der Waals surface area contributed by atoms with Crippen LogP contribution < -0.4 is 0 Å². The lowest BCUT2D eigenvalue weighted by molar-refractivity contribution is 0.0651. The molecule has 2 aromatic rings. The highest BCUT2D eigenvalue weighted by Gasteiger charge is 2.26. The summed E-state index contributed by atoms with van der Waals surface area (Å²) < 4.78 is 15.9. The van der Waals surface area contributed by atoms with Crippen molar-refractivity contribution in [2.45, 2.75) is 19.4 Å². The Morgan fingerprint density at radius 1 is 1.17 bits per heavy atom. The highest BCUT2D eigenvalue weighted by Crippen LogP contribution is 2.21. The lowest BCUT2D eigenvalue weighted by atomic mass is 9.96. The number of aromatic nitrogens is 1. The fourth-order valence-electron chi connectivity index (χ4n) is 4.06. The molecule has 1 fully saturated rings. The summed E-state index contributed by atoms with van der Waals surface area (Å²) in [6.07, 6.45) is 4.10. The van der Waals surface area contributed by atoms with Gasteiger partial charge in [0.05, 0.1) is 0 Å². The van der Waals surface area contributed by atoms with Gasteiger partial charge < -0.3 is 14.4 Å². The van der Waals surface area contributed by atoms with Gasteiger partial charge in [-0.2, -0.15) is 0 Å². The van der Waals surface area contributed by atoms with Gasteiger partial charge in [0.1, 0.15) is 11.5 Å². The Hall–Kier alpha value is -2.18. The molecule has 1 amide bonds. The second kappa shape index (κ2) is 10.0. The average Bonchev–Trinajstić information content (AvgIpc) is 3.12. The standard InChI is InChI=1S/C23H33FN4O/c1-25(2)14-15-28(23(29)22-11-7-12-26(22)3)17-19-8-6-13-27(16-19)18-20-9-4-5-10-21(20)24/h4-5,7,9-12,19H,6,8,13-18H2,1-3H3/t19-/m1/s1. The number of likely N-dealkylation sites (tertiary alicyclic amines) is 1. The minimum atomic E-state index is -0.138. The van der Waals surface area contributed by atoms with Crippen LogP contribution in [0.4, 0.5) is 4.39 Å². The summed E-state index contributed by atoms with van der Waals surface area (Å²) in [5, 5.41) is 0. The first kappa shape index (κ1) is 21.5. The van der Waals surface area contributed by atoms with Crippen molar-refractivity contribution in [1.29, 1.82) is 0 Å². The molecule has 1 aliphatic rings. The molecule has 1 saturated heterocycles. The molecule has 1 atom stereocenters. The Kier molecular flexibility index (Phi) is 7.45. The topological polar surface area (TPSA) is 31.7 Å². The van der Waals surface area contributed by atoms with Gasteiger partial charge in [0.25, 0.3) is 5.91 Å². The summed E-state index contributed by atoms with van der Waals surface area (Å²) in [5.41, 5.74) is 1.47. The molecule has 3 rings (SSSR count). The van der Waals surface area contributed by atoms with Gasteiger partial charge in [-0.25, -0.2) is 4.39 Å². The van der Waals surface area contributed by atoms with E-state index >= 15 is 0 Å². The van der Waals surface area contributed by atoms with Crippen molar-refractivity contribution in [3.05, 3.63) is 59.7 Å². The van der Waals surface area contributed by atoms with E-state index in [1.165, 1.54) is 6.07 Å². The Morgan fingerprint density at radius 3 is 2.66 bits per heavy atom. The number of carbonyl (C=O) groups excluding carboxylic acids is 1. The van der Waals surface area contributed by atoms with Crippen LogP contribution in [0.2, 0.25) is 0 Å². The van der Waals surface area contributed by atoms with Gasteiger partial charge in [-0.05, 0) is 57.6 Å². The molecule has 0 saturated carbocycles. The second-order valence-corrected chi connectivity index (χ2v) is 8.39. The maximum absolute atomic E-state index is 14.0. The molecule has 158 valence electrons. The van der Waals surface area contributed by atoms with Crippen molar-refractivity contribution in [2.75, 3.05) is 46.8 Å². The number of likely N-dealkylation sites (N-methyl/N-ethyl adjacent to an activating group) is 1. The van der Waals surface area contributed by atoms with E-state index in [0.29, 0.717) is 19.0 Å². The normalized spacial score (nSPS) is 17.6. The Bertz CT molecular complexity index is 804. The molecule has 0 radical (unpaired) electrons. The summed E-state index contributed by atoms with van der Waals surface area (Å²) in [7, 11) is 5.97. The smallest absolute Gasteiger partial charge is 0.270 e. The quantitative estimate of drug-likeness (QED) is 0.683. The molecular weight excluding hydrogens is 367 g/mol. The third-order valence-corrected chi connectivity index (χ3v) is 5.70. The van der Waals surface area contributed by atoms with Crippen LogP contribution in [0.25, 0.3) is 0 Å². The van der Waals surface area contributed by atoms with E-state index in [-0.39, 0.29) is 11.7 Å². The van der Waals surface area contributed by atoms with Gasteiger partial charge in [0, 0.05) is 51.5 Å². The van der Waals surface area contributed by atoms with Crippen molar-refractivity contribution in [2.24, 2.45) is 13.0 Å². The number of amides is 1. The zero-order chi connectivity index (χ0) is 20.8. The van der Waals surface area contributed by atoms with E-state index in [4.69, 9.17) is 0 Å². The summed E-state index contributed by atoms with van der Waals surface area (Å²) in [5.74, 6) is 0.355. The monoisotopic (exact) mass is 400 g/mol. The molecule has 6 heteroatoms. The minimum absolute atomic E-state index is 0.0885. The van der Waals surface area contributed by atoms with Crippen LogP contribution in [0.15, 0.2) is 42.6 Å².